The maximum absolute atomic E-state index is 14.9. The number of benzene rings is 3. The molecular formula is C39H48N4O7Si. The first kappa shape index (κ1) is 35.3. The minimum atomic E-state index is -3.03. The Balaban J connectivity index is 1.17. The van der Waals surface area contributed by atoms with E-state index >= 15 is 0 Å². The zero-order chi connectivity index (χ0) is 36.1. The fourth-order valence-corrected chi connectivity index (χ4v) is 11.4. The van der Waals surface area contributed by atoms with E-state index in [2.05, 4.69) is 10.6 Å². The highest BCUT2D eigenvalue weighted by Crippen LogP contribution is 2.60. The van der Waals surface area contributed by atoms with Gasteiger partial charge in [0.15, 0.2) is 13.9 Å². The quantitative estimate of drug-likeness (QED) is 0.244. The Morgan fingerprint density at radius 2 is 1.84 bits per heavy atom. The second-order valence-electron chi connectivity index (χ2n) is 15.0. The van der Waals surface area contributed by atoms with Crippen molar-refractivity contribution in [3.63, 3.8) is 0 Å². The molecular weight excluding hydrogens is 665 g/mol. The first-order valence-corrected chi connectivity index (χ1v) is 21.0. The number of nitrogens with one attached hydrogen (secondary N) is 2. The van der Waals surface area contributed by atoms with Crippen molar-refractivity contribution < 1.29 is 33.8 Å². The summed E-state index contributed by atoms with van der Waals surface area (Å²) < 4.78 is 12.6. The molecule has 2 fully saturated rings. The third-order valence-corrected chi connectivity index (χ3v) is 13.9. The van der Waals surface area contributed by atoms with Gasteiger partial charge in [0.05, 0.1) is 50.6 Å². The lowest BCUT2D eigenvalue weighted by molar-refractivity contribution is -0.151. The summed E-state index contributed by atoms with van der Waals surface area (Å²) in [5, 5.41) is 16.5. The SMILES string of the molecule is COc1ccc2c(c1)[C@@]1(O[C@H](CC(=O)N3Cc4ccccc4C[C@H]3CO)[C@@H]([Si](C)(C)O)[C@@H]1C)C(=O)N2Cc1ccc(NC(=O)[C@H]2CCCN2)cc1. The number of hydrogen-bond donors (Lipinski definition) is 4. The van der Waals surface area contributed by atoms with Gasteiger partial charge < -0.3 is 39.8 Å². The Morgan fingerprint density at radius 1 is 1.10 bits per heavy atom. The van der Waals surface area contributed by atoms with Gasteiger partial charge in [0.1, 0.15) is 5.75 Å². The van der Waals surface area contributed by atoms with Gasteiger partial charge in [-0.05, 0) is 85.9 Å². The summed E-state index contributed by atoms with van der Waals surface area (Å²) >= 11 is 0. The van der Waals surface area contributed by atoms with Gasteiger partial charge in [-0.3, -0.25) is 14.4 Å². The lowest BCUT2D eigenvalue weighted by atomic mass is 9.82. The van der Waals surface area contributed by atoms with Gasteiger partial charge in [-0.15, -0.1) is 0 Å². The molecule has 51 heavy (non-hydrogen) atoms. The van der Waals surface area contributed by atoms with E-state index in [1.807, 2.05) is 86.7 Å². The molecule has 1 spiro atoms. The van der Waals surface area contributed by atoms with Crippen molar-refractivity contribution in [2.45, 2.75) is 88.1 Å². The third kappa shape index (κ3) is 6.37. The first-order valence-electron chi connectivity index (χ1n) is 18.0. The van der Waals surface area contributed by atoms with Crippen LogP contribution in [0.2, 0.25) is 18.6 Å². The molecule has 4 aliphatic rings. The van der Waals surface area contributed by atoms with Crippen molar-refractivity contribution in [1.82, 2.24) is 10.2 Å². The van der Waals surface area contributed by atoms with Gasteiger partial charge in [0.2, 0.25) is 11.8 Å². The van der Waals surface area contributed by atoms with Crippen LogP contribution in [0, 0.1) is 5.92 Å². The molecule has 0 bridgehead atoms. The summed E-state index contributed by atoms with van der Waals surface area (Å²) in [6.07, 6.45) is 1.60. The standard InChI is InChI=1S/C39H48N4O7Si/c1-24-36(51(3,4)48)34(20-35(45)42-22-27-9-6-5-8-26(27)18-29(42)23-44)50-39(24)31-19-30(49-2)15-16-33(31)43(38(39)47)21-25-11-13-28(14-12-25)41-37(46)32-10-7-17-40-32/h5-6,8-9,11-16,19,24,29,32,34,36,40,44,48H,7,10,17-18,20-23H2,1-4H3,(H,41,46)/t24-,29-,32+,34+,36-,39+/m0/s1. The number of aliphatic hydroxyl groups excluding tert-OH is 1. The number of carbonyl (C=O) groups is 3. The normalized spacial score (nSPS) is 27.1. The minimum Gasteiger partial charge on any atom is -0.497 e. The van der Waals surface area contributed by atoms with Crippen LogP contribution in [0.25, 0.3) is 0 Å². The summed E-state index contributed by atoms with van der Waals surface area (Å²) in [7, 11) is -1.45. The van der Waals surface area contributed by atoms with Gasteiger partial charge in [0.25, 0.3) is 5.91 Å². The second-order valence-corrected chi connectivity index (χ2v) is 19.0. The topological polar surface area (TPSA) is 141 Å². The molecule has 4 N–H and O–H groups in total. The number of anilines is 2. The molecule has 12 heteroatoms. The Bertz CT molecular complexity index is 1810. The van der Waals surface area contributed by atoms with E-state index in [1.54, 1.807) is 16.9 Å². The molecule has 0 radical (unpaired) electrons. The van der Waals surface area contributed by atoms with Crippen LogP contribution < -0.4 is 20.3 Å². The van der Waals surface area contributed by atoms with Gasteiger partial charge in [-0.1, -0.05) is 43.3 Å². The predicted molar refractivity (Wildman–Crippen MR) is 196 cm³/mol. The highest BCUT2D eigenvalue weighted by atomic mass is 28.4. The second kappa shape index (κ2) is 13.8. The summed E-state index contributed by atoms with van der Waals surface area (Å²) in [4.78, 5) is 56.9. The summed E-state index contributed by atoms with van der Waals surface area (Å²) in [6, 6.07) is 20.4. The molecule has 4 aliphatic heterocycles. The van der Waals surface area contributed by atoms with Crippen LogP contribution in [0.1, 0.15) is 48.4 Å². The number of fused-ring (bicyclic) bond motifs is 3. The van der Waals surface area contributed by atoms with E-state index in [4.69, 9.17) is 9.47 Å². The summed E-state index contributed by atoms with van der Waals surface area (Å²) in [5.74, 6) is -0.360. The maximum atomic E-state index is 14.9. The van der Waals surface area contributed by atoms with E-state index in [1.165, 1.54) is 0 Å². The van der Waals surface area contributed by atoms with Crippen molar-refractivity contribution in [2.75, 3.05) is 30.5 Å². The molecule has 6 atom stereocenters. The molecule has 2 saturated heterocycles. The Labute approximate surface area is 300 Å². The predicted octanol–water partition coefficient (Wildman–Crippen LogP) is 4.07. The van der Waals surface area contributed by atoms with E-state index < -0.39 is 31.5 Å². The third-order valence-electron chi connectivity index (χ3n) is 11.4. The van der Waals surface area contributed by atoms with Crippen LogP contribution in [-0.4, -0.2) is 79.3 Å². The number of ether oxygens (including phenoxy) is 2. The number of hydrogen-bond acceptors (Lipinski definition) is 8. The van der Waals surface area contributed by atoms with Crippen LogP contribution in [0.4, 0.5) is 11.4 Å². The number of amides is 3. The van der Waals surface area contributed by atoms with Crippen LogP contribution in [0.5, 0.6) is 5.75 Å². The van der Waals surface area contributed by atoms with E-state index in [-0.39, 0.29) is 49.4 Å². The first-order chi connectivity index (χ1) is 24.4. The highest BCUT2D eigenvalue weighted by Gasteiger charge is 2.66. The fourth-order valence-electron chi connectivity index (χ4n) is 8.89. The Hall–Kier alpha value is -4.07. The van der Waals surface area contributed by atoms with Crippen LogP contribution >= 0.6 is 0 Å². The van der Waals surface area contributed by atoms with E-state index in [0.717, 1.165) is 36.1 Å². The number of nitrogens with zero attached hydrogens (tertiary/aromatic N) is 2. The molecule has 0 saturated carbocycles. The highest BCUT2D eigenvalue weighted by molar-refractivity contribution is 6.71. The van der Waals surface area contributed by atoms with E-state index in [0.29, 0.717) is 35.7 Å². The summed E-state index contributed by atoms with van der Waals surface area (Å²) in [5.41, 5.74) is 3.18. The molecule has 11 nitrogen and oxygen atoms in total. The number of carbonyl (C=O) groups excluding carboxylic acids is 3. The largest absolute Gasteiger partial charge is 0.497 e. The maximum Gasteiger partial charge on any atom is 0.264 e. The van der Waals surface area contributed by atoms with Gasteiger partial charge in [-0.25, -0.2) is 0 Å². The number of methoxy groups -OCH3 is 1. The molecule has 0 unspecified atom stereocenters. The average molecular weight is 713 g/mol. The number of rotatable bonds is 9. The Kier molecular flexibility index (Phi) is 9.57. The summed E-state index contributed by atoms with van der Waals surface area (Å²) in [6.45, 7) is 6.95. The molecule has 0 aliphatic carbocycles. The van der Waals surface area contributed by atoms with Crippen LogP contribution in [-0.2, 0) is 44.2 Å². The fraction of sp³-hybridized carbons (Fsp3) is 0.462. The number of aliphatic hydroxyl groups is 1. The molecule has 3 amide bonds. The monoisotopic (exact) mass is 712 g/mol. The van der Waals surface area contributed by atoms with Gasteiger partial charge >= 0.3 is 0 Å². The molecule has 3 aromatic rings. The minimum absolute atomic E-state index is 0.0252. The average Bonchev–Trinajstić information content (AvgIpc) is 3.82. The smallest absolute Gasteiger partial charge is 0.264 e. The van der Waals surface area contributed by atoms with Crippen LogP contribution in [0.15, 0.2) is 66.7 Å². The van der Waals surface area contributed by atoms with Crippen molar-refractivity contribution >= 4 is 37.4 Å². The van der Waals surface area contributed by atoms with Crippen molar-refractivity contribution in [3.05, 3.63) is 89.0 Å². The van der Waals surface area contributed by atoms with E-state index in [9.17, 15) is 24.3 Å². The van der Waals surface area contributed by atoms with Crippen molar-refractivity contribution in [2.24, 2.45) is 5.92 Å². The zero-order valence-electron chi connectivity index (χ0n) is 29.7. The lowest BCUT2D eigenvalue weighted by Gasteiger charge is -2.37. The van der Waals surface area contributed by atoms with Gasteiger partial charge in [-0.2, -0.15) is 0 Å². The van der Waals surface area contributed by atoms with Crippen molar-refractivity contribution in [3.8, 4) is 5.75 Å². The molecule has 270 valence electrons. The zero-order valence-corrected chi connectivity index (χ0v) is 30.7. The molecule has 0 aromatic heterocycles. The van der Waals surface area contributed by atoms with Crippen LogP contribution in [0.3, 0.4) is 0 Å². The van der Waals surface area contributed by atoms with Gasteiger partial charge in [0, 0.05) is 29.3 Å². The molecule has 3 aromatic carbocycles. The lowest BCUT2D eigenvalue weighted by Crippen LogP contribution is -2.48. The Morgan fingerprint density at radius 3 is 2.51 bits per heavy atom. The molecule has 4 heterocycles. The molecule has 7 rings (SSSR count). The van der Waals surface area contributed by atoms with Crippen molar-refractivity contribution in [1.29, 1.82) is 0 Å².